The summed E-state index contributed by atoms with van der Waals surface area (Å²) in [5.74, 6) is -0.206. The Kier molecular flexibility index (Phi) is 5.65. The van der Waals surface area contributed by atoms with E-state index in [4.69, 9.17) is 4.74 Å². The first-order valence-electron chi connectivity index (χ1n) is 12.2. The zero-order chi connectivity index (χ0) is 24.8. The molecule has 0 unspecified atom stereocenters. The number of carbonyl (C=O) groups excluding carboxylic acids is 1. The van der Waals surface area contributed by atoms with Gasteiger partial charge in [0.2, 0.25) is 5.54 Å². The number of carbonyl (C=O) groups is 1. The number of hydrogen-bond acceptors (Lipinski definition) is 6. The lowest BCUT2D eigenvalue weighted by atomic mass is 9.75. The molecule has 0 saturated carbocycles. The molecule has 0 aromatic heterocycles. The number of nitriles is 2. The molecule has 0 amide bonds. The Hall–Kier alpha value is -3.29. The summed E-state index contributed by atoms with van der Waals surface area (Å²) >= 11 is 0. The number of rotatable bonds is 4. The summed E-state index contributed by atoms with van der Waals surface area (Å²) in [6.45, 7) is 8.55. The van der Waals surface area contributed by atoms with Crippen LogP contribution < -0.4 is 0 Å². The van der Waals surface area contributed by atoms with E-state index in [1.54, 1.807) is 0 Å². The van der Waals surface area contributed by atoms with Gasteiger partial charge in [-0.2, -0.15) is 10.5 Å². The molecule has 6 heteroatoms. The highest BCUT2D eigenvalue weighted by atomic mass is 16.5. The summed E-state index contributed by atoms with van der Waals surface area (Å²) in [6, 6.07) is 23.8. The Morgan fingerprint density at radius 3 is 2.11 bits per heavy atom. The zero-order valence-electron chi connectivity index (χ0n) is 20.4. The van der Waals surface area contributed by atoms with E-state index in [-0.39, 0.29) is 17.7 Å². The SMILES string of the molecule is C[C@H]1[C@H](N2CCOCC2)C(C#N)(C#N)N2C(C)(C)C(C(=O)c3ccccc3)=C[C@]12c1ccccc1. The van der Waals surface area contributed by atoms with Crippen LogP contribution in [0.25, 0.3) is 0 Å². The van der Waals surface area contributed by atoms with Gasteiger partial charge in [-0.25, -0.2) is 4.90 Å². The molecular weight excluding hydrogens is 436 g/mol. The molecule has 5 rings (SSSR count). The highest BCUT2D eigenvalue weighted by Gasteiger charge is 2.73. The second kappa shape index (κ2) is 8.43. The van der Waals surface area contributed by atoms with E-state index in [9.17, 15) is 15.3 Å². The fourth-order valence-corrected chi connectivity index (χ4v) is 6.81. The normalized spacial score (nSPS) is 29.6. The second-order valence-electron chi connectivity index (χ2n) is 10.2. The first-order valence-corrected chi connectivity index (χ1v) is 12.2. The summed E-state index contributed by atoms with van der Waals surface area (Å²) in [4.78, 5) is 18.1. The summed E-state index contributed by atoms with van der Waals surface area (Å²) in [6.07, 6.45) is 2.06. The van der Waals surface area contributed by atoms with Gasteiger partial charge < -0.3 is 4.74 Å². The lowest BCUT2D eigenvalue weighted by molar-refractivity contribution is -0.00728. The van der Waals surface area contributed by atoms with Gasteiger partial charge in [0.25, 0.3) is 0 Å². The topological polar surface area (TPSA) is 80.4 Å². The standard InChI is InChI=1S/C29H30N4O2/c1-21-26(32-14-16-35-17-15-32)28(19-30,20-31)33-27(2,3)24(25(34)22-10-6-4-7-11-22)18-29(21,33)23-12-8-5-9-13-23/h4-13,18,21,26H,14-17H2,1-3H3/t21-,26-,29+/m0/s1. The van der Waals surface area contributed by atoms with Crippen LogP contribution in [0.3, 0.4) is 0 Å². The van der Waals surface area contributed by atoms with Gasteiger partial charge in [-0.15, -0.1) is 0 Å². The fourth-order valence-electron chi connectivity index (χ4n) is 6.81. The largest absolute Gasteiger partial charge is 0.379 e. The average molecular weight is 467 g/mol. The Bertz CT molecular complexity index is 1220. The van der Waals surface area contributed by atoms with Gasteiger partial charge in [0.15, 0.2) is 5.78 Å². The van der Waals surface area contributed by atoms with Crippen molar-refractivity contribution >= 4 is 5.78 Å². The molecule has 0 N–H and O–H groups in total. The van der Waals surface area contributed by atoms with Crippen molar-refractivity contribution in [2.24, 2.45) is 5.92 Å². The van der Waals surface area contributed by atoms with E-state index in [1.807, 2.05) is 79.4 Å². The van der Waals surface area contributed by atoms with Crippen LogP contribution in [0.15, 0.2) is 72.3 Å². The molecule has 3 atom stereocenters. The van der Waals surface area contributed by atoms with E-state index < -0.39 is 16.6 Å². The molecule has 0 aliphatic carbocycles. The van der Waals surface area contributed by atoms with E-state index >= 15 is 0 Å². The van der Waals surface area contributed by atoms with Crippen molar-refractivity contribution in [1.82, 2.24) is 9.80 Å². The lowest BCUT2D eigenvalue weighted by Gasteiger charge is -2.46. The average Bonchev–Trinajstić information content (AvgIpc) is 3.30. The molecule has 2 aromatic rings. The first-order chi connectivity index (χ1) is 16.8. The molecule has 3 heterocycles. The number of morpholine rings is 1. The minimum atomic E-state index is -1.45. The highest BCUT2D eigenvalue weighted by Crippen LogP contribution is 2.62. The molecule has 3 aliphatic rings. The lowest BCUT2D eigenvalue weighted by Crippen LogP contribution is -2.63. The maximum Gasteiger partial charge on any atom is 0.213 e. The van der Waals surface area contributed by atoms with Crippen molar-refractivity contribution in [2.45, 2.75) is 43.4 Å². The maximum atomic E-state index is 13.9. The molecule has 178 valence electrons. The number of hydrogen-bond donors (Lipinski definition) is 0. The Labute approximate surface area is 207 Å². The van der Waals surface area contributed by atoms with Crippen molar-refractivity contribution < 1.29 is 9.53 Å². The molecule has 3 aliphatic heterocycles. The molecule has 0 bridgehead atoms. The van der Waals surface area contributed by atoms with Gasteiger partial charge in [-0.05, 0) is 19.4 Å². The molecule has 2 aromatic carbocycles. The van der Waals surface area contributed by atoms with Crippen LogP contribution >= 0.6 is 0 Å². The number of ketones is 1. The molecule has 0 radical (unpaired) electrons. The fraction of sp³-hybridized carbons (Fsp3) is 0.414. The quantitative estimate of drug-likeness (QED) is 0.636. The third-order valence-corrected chi connectivity index (χ3v) is 8.20. The van der Waals surface area contributed by atoms with Crippen molar-refractivity contribution in [3.8, 4) is 12.1 Å². The van der Waals surface area contributed by atoms with Crippen molar-refractivity contribution in [3.63, 3.8) is 0 Å². The summed E-state index contributed by atoms with van der Waals surface area (Å²) in [5.41, 5.74) is -0.891. The number of fused-ring (bicyclic) bond motifs is 1. The smallest absolute Gasteiger partial charge is 0.213 e. The van der Waals surface area contributed by atoms with Gasteiger partial charge >= 0.3 is 0 Å². The molecule has 0 spiro atoms. The predicted octanol–water partition coefficient (Wildman–Crippen LogP) is 3.92. The summed E-state index contributed by atoms with van der Waals surface area (Å²) in [7, 11) is 0. The minimum absolute atomic E-state index is 0.0693. The molecular formula is C29H30N4O2. The molecule has 2 saturated heterocycles. The van der Waals surface area contributed by atoms with Crippen molar-refractivity contribution in [3.05, 3.63) is 83.4 Å². The zero-order valence-corrected chi connectivity index (χ0v) is 20.4. The van der Waals surface area contributed by atoms with E-state index in [2.05, 4.69) is 30.0 Å². The van der Waals surface area contributed by atoms with Gasteiger partial charge in [0.1, 0.15) is 12.1 Å². The van der Waals surface area contributed by atoms with Crippen LogP contribution in [0.1, 0.15) is 36.7 Å². The van der Waals surface area contributed by atoms with Gasteiger partial charge in [0, 0.05) is 35.7 Å². The minimum Gasteiger partial charge on any atom is -0.379 e. The Morgan fingerprint density at radius 2 is 1.54 bits per heavy atom. The number of benzene rings is 2. The number of nitrogens with zero attached hydrogens (tertiary/aromatic N) is 4. The van der Waals surface area contributed by atoms with Crippen LogP contribution in [0.2, 0.25) is 0 Å². The molecule has 6 nitrogen and oxygen atoms in total. The van der Waals surface area contributed by atoms with Crippen LogP contribution in [0.4, 0.5) is 0 Å². The third kappa shape index (κ3) is 3.15. The Morgan fingerprint density at radius 1 is 0.971 bits per heavy atom. The third-order valence-electron chi connectivity index (χ3n) is 8.20. The van der Waals surface area contributed by atoms with Crippen molar-refractivity contribution in [1.29, 1.82) is 10.5 Å². The monoisotopic (exact) mass is 466 g/mol. The first kappa shape index (κ1) is 23.5. The summed E-state index contributed by atoms with van der Waals surface area (Å²) < 4.78 is 5.59. The maximum absolute atomic E-state index is 13.9. The van der Waals surface area contributed by atoms with Gasteiger partial charge in [-0.3, -0.25) is 9.69 Å². The number of ether oxygens (including phenoxy) is 1. The molecule has 35 heavy (non-hydrogen) atoms. The van der Waals surface area contributed by atoms with E-state index in [1.165, 1.54) is 0 Å². The molecule has 2 fully saturated rings. The van der Waals surface area contributed by atoms with Crippen LogP contribution in [0, 0.1) is 28.6 Å². The Balaban J connectivity index is 1.78. The van der Waals surface area contributed by atoms with Crippen LogP contribution in [-0.4, -0.2) is 59.0 Å². The van der Waals surface area contributed by atoms with Crippen LogP contribution in [0.5, 0.6) is 0 Å². The van der Waals surface area contributed by atoms with Gasteiger partial charge in [-0.1, -0.05) is 73.7 Å². The highest BCUT2D eigenvalue weighted by molar-refractivity contribution is 6.10. The summed E-state index contributed by atoms with van der Waals surface area (Å²) in [5, 5.41) is 21.5. The van der Waals surface area contributed by atoms with E-state index in [0.717, 1.165) is 5.56 Å². The van der Waals surface area contributed by atoms with Gasteiger partial charge in [0.05, 0.1) is 24.8 Å². The van der Waals surface area contributed by atoms with Crippen molar-refractivity contribution in [2.75, 3.05) is 26.3 Å². The second-order valence-corrected chi connectivity index (χ2v) is 10.2. The predicted molar refractivity (Wildman–Crippen MR) is 132 cm³/mol. The number of Topliss-reactive ketones (excluding diaryl/α,β-unsaturated/α-hetero) is 1. The van der Waals surface area contributed by atoms with E-state index in [0.29, 0.717) is 37.4 Å². The van der Waals surface area contributed by atoms with Crippen LogP contribution in [-0.2, 0) is 10.3 Å².